The molecule has 1 heterocycles. The van der Waals surface area contributed by atoms with E-state index in [9.17, 15) is 4.79 Å². The van der Waals surface area contributed by atoms with Crippen LogP contribution in [0.4, 0.5) is 0 Å². The molecule has 2 nitrogen and oxygen atoms in total. The molecule has 0 saturated carbocycles. The second-order valence-electron chi connectivity index (χ2n) is 3.50. The van der Waals surface area contributed by atoms with Gasteiger partial charge in [-0.2, -0.15) is 0 Å². The van der Waals surface area contributed by atoms with Crippen LogP contribution in [-0.4, -0.2) is 18.5 Å². The molecule has 0 unspecified atom stereocenters. The third kappa shape index (κ3) is 1.81. The molecular weight excluding hydrogens is 128 g/mol. The lowest BCUT2D eigenvalue weighted by Gasteiger charge is -2.32. The third-order valence-electron chi connectivity index (χ3n) is 1.93. The zero-order valence-electron chi connectivity index (χ0n) is 6.59. The van der Waals surface area contributed by atoms with Crippen LogP contribution in [0.15, 0.2) is 0 Å². The Morgan fingerprint density at radius 2 is 2.30 bits per heavy atom. The minimum Gasteiger partial charge on any atom is -0.376 e. The fraction of sp³-hybridized carbons (Fsp3) is 0.875. The van der Waals surface area contributed by atoms with Crippen LogP contribution in [0, 0.1) is 5.92 Å². The van der Waals surface area contributed by atoms with E-state index in [1.165, 1.54) is 0 Å². The molecule has 0 amide bonds. The van der Waals surface area contributed by atoms with Crippen molar-refractivity contribution >= 4 is 6.29 Å². The second kappa shape index (κ2) is 2.70. The average molecular weight is 142 g/mol. The quantitative estimate of drug-likeness (QED) is 0.517. The monoisotopic (exact) mass is 142 g/mol. The fourth-order valence-electron chi connectivity index (χ4n) is 1.40. The van der Waals surface area contributed by atoms with Crippen molar-refractivity contribution < 1.29 is 9.53 Å². The largest absolute Gasteiger partial charge is 0.376 e. The molecular formula is C8H14O2. The average Bonchev–Trinajstić information content (AvgIpc) is 1.86. The molecule has 2 heteroatoms. The molecule has 0 aromatic heterocycles. The van der Waals surface area contributed by atoms with Crippen LogP contribution in [0.3, 0.4) is 0 Å². The number of hydrogen-bond acceptors (Lipinski definition) is 2. The predicted molar refractivity (Wildman–Crippen MR) is 38.8 cm³/mol. The van der Waals surface area contributed by atoms with Crippen molar-refractivity contribution in [1.82, 2.24) is 0 Å². The minimum atomic E-state index is -0.0795. The van der Waals surface area contributed by atoms with Gasteiger partial charge in [0.05, 0.1) is 5.60 Å². The Morgan fingerprint density at radius 1 is 1.60 bits per heavy atom. The van der Waals surface area contributed by atoms with Gasteiger partial charge >= 0.3 is 0 Å². The van der Waals surface area contributed by atoms with Gasteiger partial charge in [0.1, 0.15) is 6.29 Å². The van der Waals surface area contributed by atoms with E-state index in [0.29, 0.717) is 0 Å². The van der Waals surface area contributed by atoms with E-state index in [1.54, 1.807) is 0 Å². The van der Waals surface area contributed by atoms with Gasteiger partial charge in [-0.05, 0) is 26.7 Å². The van der Waals surface area contributed by atoms with Gasteiger partial charge in [-0.3, -0.25) is 0 Å². The summed E-state index contributed by atoms with van der Waals surface area (Å²) >= 11 is 0. The highest BCUT2D eigenvalue weighted by Gasteiger charge is 2.28. The van der Waals surface area contributed by atoms with Crippen molar-refractivity contribution in [2.45, 2.75) is 32.3 Å². The maximum Gasteiger partial charge on any atom is 0.123 e. The van der Waals surface area contributed by atoms with Gasteiger partial charge in [-0.15, -0.1) is 0 Å². The molecule has 58 valence electrons. The Labute approximate surface area is 61.6 Å². The third-order valence-corrected chi connectivity index (χ3v) is 1.93. The summed E-state index contributed by atoms with van der Waals surface area (Å²) < 4.78 is 5.44. The Hall–Kier alpha value is -0.370. The van der Waals surface area contributed by atoms with E-state index >= 15 is 0 Å². The van der Waals surface area contributed by atoms with Crippen LogP contribution in [0.5, 0.6) is 0 Å². The molecule has 1 fully saturated rings. The molecule has 0 spiro atoms. The van der Waals surface area contributed by atoms with Gasteiger partial charge < -0.3 is 9.53 Å². The van der Waals surface area contributed by atoms with Crippen LogP contribution in [0.2, 0.25) is 0 Å². The predicted octanol–water partition coefficient (Wildman–Crippen LogP) is 1.39. The van der Waals surface area contributed by atoms with Gasteiger partial charge in [-0.1, -0.05) is 0 Å². The summed E-state index contributed by atoms with van der Waals surface area (Å²) in [5, 5.41) is 0. The van der Waals surface area contributed by atoms with Crippen LogP contribution < -0.4 is 0 Å². The number of carbonyl (C=O) groups excluding carboxylic acids is 1. The summed E-state index contributed by atoms with van der Waals surface area (Å²) in [6, 6.07) is 0. The van der Waals surface area contributed by atoms with Crippen molar-refractivity contribution in [2.24, 2.45) is 5.92 Å². The van der Waals surface area contributed by atoms with E-state index in [2.05, 4.69) is 0 Å². The van der Waals surface area contributed by atoms with Crippen molar-refractivity contribution in [2.75, 3.05) is 6.61 Å². The number of rotatable bonds is 1. The number of aldehydes is 1. The summed E-state index contributed by atoms with van der Waals surface area (Å²) in [6.45, 7) is 4.79. The Kier molecular flexibility index (Phi) is 2.09. The summed E-state index contributed by atoms with van der Waals surface area (Å²) in [5.41, 5.74) is -0.0795. The molecule has 10 heavy (non-hydrogen) atoms. The second-order valence-corrected chi connectivity index (χ2v) is 3.50. The van der Waals surface area contributed by atoms with Gasteiger partial charge in [0.15, 0.2) is 0 Å². The highest BCUT2D eigenvalue weighted by molar-refractivity contribution is 5.53. The zero-order valence-corrected chi connectivity index (χ0v) is 6.59. The molecule has 1 aliphatic rings. The lowest BCUT2D eigenvalue weighted by molar-refractivity contribution is -0.121. The SMILES string of the molecule is CC1(C)C[C@H](C=O)CCO1. The molecule has 0 N–H and O–H groups in total. The summed E-state index contributed by atoms with van der Waals surface area (Å²) in [4.78, 5) is 10.4. The topological polar surface area (TPSA) is 26.3 Å². The minimum absolute atomic E-state index is 0.0795. The van der Waals surface area contributed by atoms with Crippen molar-refractivity contribution in [3.05, 3.63) is 0 Å². The smallest absolute Gasteiger partial charge is 0.123 e. The molecule has 0 aliphatic carbocycles. The van der Waals surface area contributed by atoms with Crippen molar-refractivity contribution in [3.8, 4) is 0 Å². The zero-order chi connectivity index (χ0) is 7.61. The Bertz CT molecular complexity index is 129. The highest BCUT2D eigenvalue weighted by atomic mass is 16.5. The first-order valence-electron chi connectivity index (χ1n) is 3.73. The van der Waals surface area contributed by atoms with Crippen LogP contribution in [0.1, 0.15) is 26.7 Å². The van der Waals surface area contributed by atoms with E-state index in [4.69, 9.17) is 4.74 Å². The lowest BCUT2D eigenvalue weighted by Crippen LogP contribution is -2.34. The summed E-state index contributed by atoms with van der Waals surface area (Å²) in [5.74, 6) is 0.226. The molecule has 1 rings (SSSR count). The van der Waals surface area contributed by atoms with Crippen LogP contribution in [0.25, 0.3) is 0 Å². The molecule has 1 aliphatic heterocycles. The van der Waals surface area contributed by atoms with Crippen LogP contribution in [-0.2, 0) is 9.53 Å². The molecule has 1 saturated heterocycles. The standard InChI is InChI=1S/C8H14O2/c1-8(2)5-7(6-9)3-4-10-8/h6-7H,3-5H2,1-2H3/t7-/m1/s1. The van der Waals surface area contributed by atoms with E-state index in [0.717, 1.165) is 25.7 Å². The molecule has 0 aromatic rings. The molecule has 0 radical (unpaired) electrons. The Balaban J connectivity index is 2.47. The van der Waals surface area contributed by atoms with Gasteiger partial charge in [0.25, 0.3) is 0 Å². The van der Waals surface area contributed by atoms with Crippen molar-refractivity contribution in [1.29, 1.82) is 0 Å². The molecule has 0 aromatic carbocycles. The lowest BCUT2D eigenvalue weighted by atomic mass is 9.90. The maximum absolute atomic E-state index is 10.4. The van der Waals surface area contributed by atoms with Crippen LogP contribution >= 0.6 is 0 Å². The molecule has 1 atom stereocenters. The summed E-state index contributed by atoms with van der Waals surface area (Å²) in [7, 11) is 0. The van der Waals surface area contributed by atoms with Gasteiger partial charge in [-0.25, -0.2) is 0 Å². The first-order chi connectivity index (χ1) is 4.64. The normalized spacial score (nSPS) is 31.6. The van der Waals surface area contributed by atoms with Gasteiger partial charge in [0.2, 0.25) is 0 Å². The number of hydrogen-bond donors (Lipinski definition) is 0. The van der Waals surface area contributed by atoms with E-state index in [1.807, 2.05) is 13.8 Å². The Morgan fingerprint density at radius 3 is 2.70 bits per heavy atom. The first-order valence-corrected chi connectivity index (χ1v) is 3.73. The first kappa shape index (κ1) is 7.73. The molecule has 0 bridgehead atoms. The summed E-state index contributed by atoms with van der Waals surface area (Å²) in [6.07, 6.45) is 2.81. The fourth-order valence-corrected chi connectivity index (χ4v) is 1.40. The van der Waals surface area contributed by atoms with Gasteiger partial charge in [0, 0.05) is 12.5 Å². The number of carbonyl (C=O) groups is 1. The van der Waals surface area contributed by atoms with Crippen molar-refractivity contribution in [3.63, 3.8) is 0 Å². The highest BCUT2D eigenvalue weighted by Crippen LogP contribution is 2.26. The van der Waals surface area contributed by atoms with E-state index in [-0.39, 0.29) is 11.5 Å². The number of ether oxygens (including phenoxy) is 1. The maximum atomic E-state index is 10.4. The van der Waals surface area contributed by atoms with E-state index < -0.39 is 0 Å².